The van der Waals surface area contributed by atoms with Crippen LogP contribution >= 0.6 is 27.5 Å². The van der Waals surface area contributed by atoms with Crippen LogP contribution in [0.1, 0.15) is 37.6 Å². The molecule has 1 aliphatic heterocycles. The van der Waals surface area contributed by atoms with Crippen molar-refractivity contribution < 1.29 is 4.79 Å². The highest BCUT2D eigenvalue weighted by atomic mass is 79.9. The number of benzene rings is 1. The van der Waals surface area contributed by atoms with Crippen molar-refractivity contribution in [3.63, 3.8) is 0 Å². The van der Waals surface area contributed by atoms with Gasteiger partial charge in [0.2, 0.25) is 0 Å². The van der Waals surface area contributed by atoms with E-state index in [1.54, 1.807) is 18.2 Å². The standard InChI is InChI=1S/C16H19BrClNO/c1-16(2,3)12-6-8-19(9-7-12)15(20)11-4-5-14(18)13(17)10-11/h4-6,10H,7-9H2,1-3H3. The molecule has 1 aliphatic rings. The van der Waals surface area contributed by atoms with Gasteiger partial charge < -0.3 is 4.90 Å². The van der Waals surface area contributed by atoms with Gasteiger partial charge in [0.15, 0.2) is 0 Å². The number of amides is 1. The van der Waals surface area contributed by atoms with Crippen molar-refractivity contribution in [2.75, 3.05) is 13.1 Å². The van der Waals surface area contributed by atoms with E-state index in [1.807, 2.05) is 4.90 Å². The SMILES string of the molecule is CC(C)(C)C1=CCN(C(=O)c2ccc(Cl)c(Br)c2)CC1. The molecule has 108 valence electrons. The van der Waals surface area contributed by atoms with Gasteiger partial charge in [0, 0.05) is 23.1 Å². The lowest BCUT2D eigenvalue weighted by molar-refractivity contribution is 0.0765. The van der Waals surface area contributed by atoms with Crippen LogP contribution in [0.25, 0.3) is 0 Å². The average Bonchev–Trinajstić information content (AvgIpc) is 2.40. The topological polar surface area (TPSA) is 20.3 Å². The summed E-state index contributed by atoms with van der Waals surface area (Å²) in [6.07, 6.45) is 3.14. The van der Waals surface area contributed by atoms with E-state index >= 15 is 0 Å². The zero-order valence-electron chi connectivity index (χ0n) is 12.0. The first-order valence-electron chi connectivity index (χ1n) is 6.73. The van der Waals surface area contributed by atoms with Gasteiger partial charge in [-0.25, -0.2) is 0 Å². The van der Waals surface area contributed by atoms with E-state index in [9.17, 15) is 4.79 Å². The van der Waals surface area contributed by atoms with Crippen LogP contribution in [0.3, 0.4) is 0 Å². The number of nitrogens with zero attached hydrogens (tertiary/aromatic N) is 1. The van der Waals surface area contributed by atoms with Crippen LogP contribution in [0, 0.1) is 5.41 Å². The molecule has 0 fully saturated rings. The molecule has 20 heavy (non-hydrogen) atoms. The van der Waals surface area contributed by atoms with Gasteiger partial charge in [-0.05, 0) is 46.0 Å². The second-order valence-electron chi connectivity index (χ2n) is 6.11. The lowest BCUT2D eigenvalue weighted by atomic mass is 9.83. The van der Waals surface area contributed by atoms with Gasteiger partial charge in [0.25, 0.3) is 5.91 Å². The minimum Gasteiger partial charge on any atom is -0.335 e. The van der Waals surface area contributed by atoms with E-state index in [1.165, 1.54) is 5.57 Å². The summed E-state index contributed by atoms with van der Waals surface area (Å²) in [6.45, 7) is 8.11. The smallest absolute Gasteiger partial charge is 0.254 e. The lowest BCUT2D eigenvalue weighted by Gasteiger charge is -2.32. The molecule has 0 N–H and O–H groups in total. The number of hydrogen-bond donors (Lipinski definition) is 0. The highest BCUT2D eigenvalue weighted by Gasteiger charge is 2.24. The minimum absolute atomic E-state index is 0.0616. The van der Waals surface area contributed by atoms with Crippen molar-refractivity contribution in [1.29, 1.82) is 0 Å². The highest BCUT2D eigenvalue weighted by Crippen LogP contribution is 2.31. The summed E-state index contributed by atoms with van der Waals surface area (Å²) in [7, 11) is 0. The Bertz CT molecular complexity index is 560. The summed E-state index contributed by atoms with van der Waals surface area (Å²) in [5.74, 6) is 0.0616. The van der Waals surface area contributed by atoms with Gasteiger partial charge in [-0.1, -0.05) is 44.0 Å². The second kappa shape index (κ2) is 5.90. The van der Waals surface area contributed by atoms with Gasteiger partial charge in [-0.2, -0.15) is 0 Å². The third-order valence-electron chi connectivity index (χ3n) is 3.63. The number of rotatable bonds is 1. The maximum absolute atomic E-state index is 12.5. The maximum atomic E-state index is 12.5. The fourth-order valence-corrected chi connectivity index (χ4v) is 2.84. The van der Waals surface area contributed by atoms with Crippen molar-refractivity contribution >= 4 is 33.4 Å². The van der Waals surface area contributed by atoms with Crippen molar-refractivity contribution in [2.24, 2.45) is 5.41 Å². The van der Waals surface area contributed by atoms with Crippen molar-refractivity contribution in [2.45, 2.75) is 27.2 Å². The van der Waals surface area contributed by atoms with E-state index in [2.05, 4.69) is 42.8 Å². The lowest BCUT2D eigenvalue weighted by Crippen LogP contribution is -2.36. The molecule has 0 atom stereocenters. The van der Waals surface area contributed by atoms with Crippen LogP contribution in [0.4, 0.5) is 0 Å². The fourth-order valence-electron chi connectivity index (χ4n) is 2.35. The molecule has 2 rings (SSSR count). The van der Waals surface area contributed by atoms with E-state index in [-0.39, 0.29) is 11.3 Å². The van der Waals surface area contributed by atoms with E-state index < -0.39 is 0 Å². The van der Waals surface area contributed by atoms with Gasteiger partial charge in [0.05, 0.1) is 5.02 Å². The Morgan fingerprint density at radius 1 is 1.35 bits per heavy atom. The molecule has 0 aromatic heterocycles. The molecule has 4 heteroatoms. The Balaban J connectivity index is 2.12. The van der Waals surface area contributed by atoms with Crippen LogP contribution in [0.5, 0.6) is 0 Å². The van der Waals surface area contributed by atoms with Crippen LogP contribution in [0.2, 0.25) is 5.02 Å². The summed E-state index contributed by atoms with van der Waals surface area (Å²) in [5.41, 5.74) is 2.30. The summed E-state index contributed by atoms with van der Waals surface area (Å²) < 4.78 is 0.757. The molecule has 1 amide bonds. The Hall–Kier alpha value is -0.800. The van der Waals surface area contributed by atoms with Crippen molar-refractivity contribution in [1.82, 2.24) is 4.90 Å². The molecule has 1 aromatic carbocycles. The molecular weight excluding hydrogens is 338 g/mol. The van der Waals surface area contributed by atoms with Crippen LogP contribution in [-0.2, 0) is 0 Å². The van der Waals surface area contributed by atoms with Crippen molar-refractivity contribution in [3.8, 4) is 0 Å². The molecule has 0 unspecified atom stereocenters. The number of carbonyl (C=O) groups is 1. The quantitative estimate of drug-likeness (QED) is 0.654. The Morgan fingerprint density at radius 3 is 2.55 bits per heavy atom. The summed E-state index contributed by atoms with van der Waals surface area (Å²) in [6, 6.07) is 5.31. The molecule has 0 radical (unpaired) electrons. The summed E-state index contributed by atoms with van der Waals surface area (Å²) in [4.78, 5) is 14.3. The van der Waals surface area contributed by atoms with Gasteiger partial charge in [0.1, 0.15) is 0 Å². The summed E-state index contributed by atoms with van der Waals surface area (Å²) >= 11 is 9.32. The molecule has 0 spiro atoms. The van der Waals surface area contributed by atoms with E-state index in [0.29, 0.717) is 17.1 Å². The minimum atomic E-state index is 0.0616. The van der Waals surface area contributed by atoms with E-state index in [4.69, 9.17) is 11.6 Å². The Morgan fingerprint density at radius 2 is 2.05 bits per heavy atom. The van der Waals surface area contributed by atoms with Gasteiger partial charge in [-0.15, -0.1) is 0 Å². The predicted octanol–water partition coefficient (Wildman–Crippen LogP) is 4.92. The van der Waals surface area contributed by atoms with Crippen LogP contribution < -0.4 is 0 Å². The fraction of sp³-hybridized carbons (Fsp3) is 0.438. The third-order valence-corrected chi connectivity index (χ3v) is 4.84. The zero-order chi connectivity index (χ0) is 14.9. The highest BCUT2D eigenvalue weighted by molar-refractivity contribution is 9.10. The molecule has 1 aromatic rings. The number of hydrogen-bond acceptors (Lipinski definition) is 1. The monoisotopic (exact) mass is 355 g/mol. The van der Waals surface area contributed by atoms with Crippen LogP contribution in [-0.4, -0.2) is 23.9 Å². The van der Waals surface area contributed by atoms with Gasteiger partial charge >= 0.3 is 0 Å². The molecular formula is C16H19BrClNO. The molecule has 0 saturated heterocycles. The molecule has 0 aliphatic carbocycles. The maximum Gasteiger partial charge on any atom is 0.254 e. The average molecular weight is 357 g/mol. The molecule has 1 heterocycles. The first-order valence-corrected chi connectivity index (χ1v) is 7.90. The first-order chi connectivity index (χ1) is 9.29. The first kappa shape index (κ1) is 15.6. The van der Waals surface area contributed by atoms with E-state index in [0.717, 1.165) is 17.4 Å². The zero-order valence-corrected chi connectivity index (χ0v) is 14.4. The Labute approximate surface area is 133 Å². The number of halogens is 2. The largest absolute Gasteiger partial charge is 0.335 e. The van der Waals surface area contributed by atoms with Crippen molar-refractivity contribution in [3.05, 3.63) is 44.9 Å². The number of carbonyl (C=O) groups excluding carboxylic acids is 1. The summed E-state index contributed by atoms with van der Waals surface area (Å²) in [5, 5.41) is 0.620. The van der Waals surface area contributed by atoms with Crippen LogP contribution in [0.15, 0.2) is 34.3 Å². The Kier molecular flexibility index (Phi) is 4.60. The predicted molar refractivity (Wildman–Crippen MR) is 87.2 cm³/mol. The molecule has 0 bridgehead atoms. The molecule has 0 saturated carbocycles. The van der Waals surface area contributed by atoms with Gasteiger partial charge in [-0.3, -0.25) is 4.79 Å². The normalized spacial score (nSPS) is 16.1. The molecule has 2 nitrogen and oxygen atoms in total. The second-order valence-corrected chi connectivity index (χ2v) is 7.37. The third kappa shape index (κ3) is 3.44.